The fourth-order valence-electron chi connectivity index (χ4n) is 2.62. The van der Waals surface area contributed by atoms with Gasteiger partial charge in [-0.2, -0.15) is 0 Å². The minimum absolute atomic E-state index is 0.00700. The van der Waals surface area contributed by atoms with Gasteiger partial charge < -0.3 is 15.5 Å². The lowest BCUT2D eigenvalue weighted by Gasteiger charge is -2.35. The summed E-state index contributed by atoms with van der Waals surface area (Å²) < 4.78 is 0. The smallest absolute Gasteiger partial charge is 0.315 e. The van der Waals surface area contributed by atoms with Gasteiger partial charge in [-0.25, -0.2) is 9.78 Å². The highest BCUT2D eigenvalue weighted by molar-refractivity contribution is 7.09. The number of amides is 3. The summed E-state index contributed by atoms with van der Waals surface area (Å²) in [6, 6.07) is -0.594. The van der Waals surface area contributed by atoms with Gasteiger partial charge in [-0.05, 0) is 40.0 Å². The second-order valence-corrected chi connectivity index (χ2v) is 6.75. The third-order valence-electron chi connectivity index (χ3n) is 3.87. The second kappa shape index (κ2) is 7.58. The number of likely N-dealkylation sites (tertiary alicyclic amines) is 1. The van der Waals surface area contributed by atoms with E-state index in [0.29, 0.717) is 6.54 Å². The van der Waals surface area contributed by atoms with Gasteiger partial charge in [0.1, 0.15) is 11.0 Å². The Hall–Kier alpha value is -1.63. The molecule has 2 rings (SSSR count). The zero-order valence-electron chi connectivity index (χ0n) is 13.4. The number of carbonyl (C=O) groups excluding carboxylic acids is 2. The average molecular weight is 324 g/mol. The molecule has 1 aromatic rings. The molecule has 2 heterocycles. The summed E-state index contributed by atoms with van der Waals surface area (Å²) in [6.45, 7) is 6.88. The molecule has 3 amide bonds. The first-order valence-electron chi connectivity index (χ1n) is 7.73. The highest BCUT2D eigenvalue weighted by atomic mass is 32.1. The van der Waals surface area contributed by atoms with Crippen LogP contribution in [0.4, 0.5) is 4.79 Å². The Labute approximate surface area is 135 Å². The van der Waals surface area contributed by atoms with E-state index < -0.39 is 6.04 Å². The molecule has 1 fully saturated rings. The number of urea groups is 1. The number of hydrogen-bond acceptors (Lipinski definition) is 4. The van der Waals surface area contributed by atoms with E-state index in [1.54, 1.807) is 6.92 Å². The Bertz CT molecular complexity index is 531. The van der Waals surface area contributed by atoms with Gasteiger partial charge in [-0.3, -0.25) is 4.79 Å². The van der Waals surface area contributed by atoms with Crippen molar-refractivity contribution in [3.8, 4) is 0 Å². The maximum atomic E-state index is 12.4. The molecule has 0 aromatic carbocycles. The van der Waals surface area contributed by atoms with E-state index in [4.69, 9.17) is 0 Å². The molecule has 1 aliphatic heterocycles. The van der Waals surface area contributed by atoms with Crippen LogP contribution < -0.4 is 10.6 Å². The van der Waals surface area contributed by atoms with Crippen molar-refractivity contribution in [2.75, 3.05) is 6.54 Å². The third kappa shape index (κ3) is 4.43. The summed E-state index contributed by atoms with van der Waals surface area (Å²) in [4.78, 5) is 30.4. The molecule has 1 aliphatic rings. The number of aryl methyl sites for hydroxylation is 1. The highest BCUT2D eigenvalue weighted by Gasteiger charge is 2.27. The number of aromatic nitrogens is 1. The molecular weight excluding hydrogens is 300 g/mol. The van der Waals surface area contributed by atoms with E-state index in [0.717, 1.165) is 30.1 Å². The number of thiazole rings is 1. The van der Waals surface area contributed by atoms with Gasteiger partial charge in [-0.1, -0.05) is 0 Å². The van der Waals surface area contributed by atoms with Crippen molar-refractivity contribution in [3.63, 3.8) is 0 Å². The van der Waals surface area contributed by atoms with E-state index in [-0.39, 0.29) is 18.0 Å². The number of nitrogens with one attached hydrogen (secondary N) is 2. The largest absolute Gasteiger partial charge is 0.338 e. The lowest BCUT2D eigenvalue weighted by atomic mass is 10.0. The van der Waals surface area contributed by atoms with Crippen molar-refractivity contribution in [1.29, 1.82) is 0 Å². The van der Waals surface area contributed by atoms with Gasteiger partial charge in [0.25, 0.3) is 0 Å². The van der Waals surface area contributed by atoms with E-state index in [1.165, 1.54) is 17.8 Å². The van der Waals surface area contributed by atoms with Crippen LogP contribution in [0.2, 0.25) is 0 Å². The molecule has 0 aliphatic carbocycles. The number of carbonyl (C=O) groups is 2. The van der Waals surface area contributed by atoms with Gasteiger partial charge in [0.2, 0.25) is 5.91 Å². The predicted octanol–water partition coefficient (Wildman–Crippen LogP) is 2.04. The summed E-state index contributed by atoms with van der Waals surface area (Å²) in [5, 5.41) is 8.25. The van der Waals surface area contributed by atoms with Gasteiger partial charge in [0, 0.05) is 23.7 Å². The molecular formula is C15H24N4O2S. The molecule has 0 spiro atoms. The summed E-state index contributed by atoms with van der Waals surface area (Å²) in [7, 11) is 0. The minimum atomic E-state index is -0.515. The van der Waals surface area contributed by atoms with Crippen LogP contribution in [-0.2, 0) is 11.3 Å². The van der Waals surface area contributed by atoms with E-state index in [2.05, 4.69) is 22.5 Å². The first-order chi connectivity index (χ1) is 10.5. The fraction of sp³-hybridized carbons (Fsp3) is 0.667. The second-order valence-electron chi connectivity index (χ2n) is 5.81. The van der Waals surface area contributed by atoms with Crippen LogP contribution in [-0.4, -0.2) is 40.5 Å². The molecule has 1 saturated heterocycles. The Morgan fingerprint density at radius 3 is 2.91 bits per heavy atom. The van der Waals surface area contributed by atoms with Crippen LogP contribution >= 0.6 is 11.3 Å². The summed E-state index contributed by atoms with van der Waals surface area (Å²) in [5.41, 5.74) is 0.949. The average Bonchev–Trinajstić information content (AvgIpc) is 2.90. The Morgan fingerprint density at radius 1 is 1.50 bits per heavy atom. The van der Waals surface area contributed by atoms with Gasteiger partial charge >= 0.3 is 6.03 Å². The van der Waals surface area contributed by atoms with Gasteiger partial charge in [-0.15, -0.1) is 11.3 Å². The fourth-order valence-corrected chi connectivity index (χ4v) is 3.33. The van der Waals surface area contributed by atoms with E-state index in [1.807, 2.05) is 17.2 Å². The molecule has 22 heavy (non-hydrogen) atoms. The predicted molar refractivity (Wildman–Crippen MR) is 86.7 cm³/mol. The van der Waals surface area contributed by atoms with Crippen LogP contribution in [0.1, 0.15) is 43.8 Å². The molecule has 0 bridgehead atoms. The molecule has 0 unspecified atom stereocenters. The SMILES string of the molecule is Cc1csc(CNC(=O)N[C@@H](C)C(=O)N2CCCC[C@@H]2C)n1. The molecule has 1 aromatic heterocycles. The van der Waals surface area contributed by atoms with Crippen molar-refractivity contribution in [2.45, 2.75) is 58.7 Å². The maximum absolute atomic E-state index is 12.4. The molecule has 7 heteroatoms. The topological polar surface area (TPSA) is 74.3 Å². The first-order valence-corrected chi connectivity index (χ1v) is 8.61. The highest BCUT2D eigenvalue weighted by Crippen LogP contribution is 2.17. The zero-order chi connectivity index (χ0) is 16.1. The molecule has 2 N–H and O–H groups in total. The quantitative estimate of drug-likeness (QED) is 0.890. The van der Waals surface area contributed by atoms with Crippen LogP contribution in [0, 0.1) is 6.92 Å². The Kier molecular flexibility index (Phi) is 5.76. The number of hydrogen-bond donors (Lipinski definition) is 2. The normalized spacial score (nSPS) is 19.6. The van der Waals surface area contributed by atoms with Gasteiger partial charge in [0.15, 0.2) is 0 Å². The van der Waals surface area contributed by atoms with Crippen LogP contribution in [0.15, 0.2) is 5.38 Å². The van der Waals surface area contributed by atoms with Crippen LogP contribution in [0.3, 0.4) is 0 Å². The number of rotatable bonds is 4. The van der Waals surface area contributed by atoms with Crippen LogP contribution in [0.25, 0.3) is 0 Å². The lowest BCUT2D eigenvalue weighted by Crippen LogP contribution is -2.53. The van der Waals surface area contributed by atoms with Crippen molar-refractivity contribution in [3.05, 3.63) is 16.1 Å². The zero-order valence-corrected chi connectivity index (χ0v) is 14.2. The van der Waals surface area contributed by atoms with Gasteiger partial charge in [0.05, 0.1) is 6.54 Å². The summed E-state index contributed by atoms with van der Waals surface area (Å²) in [6.07, 6.45) is 3.24. The first kappa shape index (κ1) is 16.7. The standard InChI is InChI=1S/C15H24N4O2S/c1-10-9-22-13(17-10)8-16-15(21)18-12(3)14(20)19-7-5-4-6-11(19)2/h9,11-12H,4-8H2,1-3H3,(H2,16,18,21)/t11-,12-/m0/s1. The van der Waals surface area contributed by atoms with Crippen molar-refractivity contribution < 1.29 is 9.59 Å². The van der Waals surface area contributed by atoms with Crippen molar-refractivity contribution >= 4 is 23.3 Å². The van der Waals surface area contributed by atoms with Crippen molar-refractivity contribution in [1.82, 2.24) is 20.5 Å². The summed E-state index contributed by atoms with van der Waals surface area (Å²) in [5.74, 6) is -0.00700. The van der Waals surface area contributed by atoms with Crippen LogP contribution in [0.5, 0.6) is 0 Å². The molecule has 0 saturated carbocycles. The maximum Gasteiger partial charge on any atom is 0.315 e. The summed E-state index contributed by atoms with van der Waals surface area (Å²) >= 11 is 1.51. The Balaban J connectivity index is 1.78. The van der Waals surface area contributed by atoms with E-state index >= 15 is 0 Å². The molecule has 6 nitrogen and oxygen atoms in total. The monoisotopic (exact) mass is 324 g/mol. The molecule has 0 radical (unpaired) electrons. The molecule has 122 valence electrons. The van der Waals surface area contributed by atoms with Crippen molar-refractivity contribution in [2.24, 2.45) is 0 Å². The number of nitrogens with zero attached hydrogens (tertiary/aromatic N) is 2. The molecule has 2 atom stereocenters. The Morgan fingerprint density at radius 2 is 2.27 bits per heavy atom. The van der Waals surface area contributed by atoms with E-state index in [9.17, 15) is 9.59 Å². The third-order valence-corrected chi connectivity index (χ3v) is 4.84. The number of piperidine rings is 1. The lowest BCUT2D eigenvalue weighted by molar-refractivity contribution is -0.136. The minimum Gasteiger partial charge on any atom is -0.338 e.